The van der Waals surface area contributed by atoms with E-state index in [4.69, 9.17) is 0 Å². The second-order valence-electron chi connectivity index (χ2n) is 6.16. The molecule has 4 aromatic rings. The van der Waals surface area contributed by atoms with Crippen LogP contribution in [0.2, 0.25) is 0 Å². The summed E-state index contributed by atoms with van der Waals surface area (Å²) in [5.74, 6) is -0.803. The lowest BCUT2D eigenvalue weighted by Crippen LogP contribution is -2.47. The number of halogens is 1. The van der Waals surface area contributed by atoms with Crippen LogP contribution < -0.4 is 10.6 Å². The Hall–Kier alpha value is -2.85. The first-order valence-corrected chi connectivity index (χ1v) is 10.3. The molecule has 0 aliphatic carbocycles. The van der Waals surface area contributed by atoms with Gasteiger partial charge in [0.25, 0.3) is 17.4 Å². The minimum atomic E-state index is -0.535. The van der Waals surface area contributed by atoms with Gasteiger partial charge in [-0.2, -0.15) is 9.69 Å². The van der Waals surface area contributed by atoms with Crippen LogP contribution in [0.5, 0.6) is 0 Å². The second-order valence-corrected chi connectivity index (χ2v) is 8.35. The van der Waals surface area contributed by atoms with Crippen LogP contribution in [0.25, 0.3) is 21.6 Å². The summed E-state index contributed by atoms with van der Waals surface area (Å²) in [4.78, 5) is 44.7. The van der Waals surface area contributed by atoms with E-state index in [0.717, 1.165) is 13.3 Å². The van der Waals surface area contributed by atoms with Gasteiger partial charge in [0, 0.05) is 3.57 Å². The van der Waals surface area contributed by atoms with Crippen LogP contribution in [0.15, 0.2) is 64.8 Å². The van der Waals surface area contributed by atoms with Crippen molar-refractivity contribution in [2.24, 2.45) is 0 Å². The van der Waals surface area contributed by atoms with Gasteiger partial charge in [-0.25, -0.2) is 4.98 Å². The Balaban J connectivity index is 1.85. The van der Waals surface area contributed by atoms with Crippen LogP contribution in [0.4, 0.5) is 0 Å². The number of rotatable bonds is 2. The molecule has 2 aromatic carbocycles. The summed E-state index contributed by atoms with van der Waals surface area (Å²) in [5, 5.41) is 3.10. The van der Waals surface area contributed by atoms with Crippen molar-refractivity contribution < 1.29 is 9.59 Å². The number of carbonyl (C=O) groups is 2. The van der Waals surface area contributed by atoms with E-state index < -0.39 is 17.4 Å². The van der Waals surface area contributed by atoms with Crippen molar-refractivity contribution in [1.82, 2.24) is 9.66 Å². The van der Waals surface area contributed by atoms with Gasteiger partial charge in [0.05, 0.1) is 26.9 Å². The van der Waals surface area contributed by atoms with Crippen LogP contribution in [0, 0.1) is 3.57 Å². The number of hydrogen-bond donors (Lipinski definition) is 0. The molecule has 6 nitrogen and oxygen atoms in total. The highest BCUT2D eigenvalue weighted by molar-refractivity contribution is 14.1. The first kappa shape index (κ1) is 17.3. The summed E-state index contributed by atoms with van der Waals surface area (Å²) >= 11 is 3.49. The number of fused-ring (bicyclic) bond motifs is 2. The van der Waals surface area contributed by atoms with Crippen molar-refractivity contribution in [3.8, 4) is 10.7 Å². The average Bonchev–Trinajstić information content (AvgIpc) is 3.31. The van der Waals surface area contributed by atoms with Gasteiger partial charge in [-0.05, 0) is 64.4 Å². The maximum atomic E-state index is 13.4. The summed E-state index contributed by atoms with van der Waals surface area (Å²) in [6.45, 7) is 0. The molecule has 3 heterocycles. The van der Waals surface area contributed by atoms with Gasteiger partial charge in [0.1, 0.15) is 0 Å². The van der Waals surface area contributed by atoms with Crippen molar-refractivity contribution in [2.45, 2.75) is 0 Å². The van der Waals surface area contributed by atoms with Crippen LogP contribution >= 0.6 is 33.9 Å². The van der Waals surface area contributed by atoms with E-state index in [2.05, 4.69) is 27.6 Å². The van der Waals surface area contributed by atoms with E-state index in [0.29, 0.717) is 15.8 Å². The molecule has 5 rings (SSSR count). The predicted molar refractivity (Wildman–Crippen MR) is 115 cm³/mol. The fraction of sp³-hybridized carbons (Fsp3) is 0. The molecule has 2 aromatic heterocycles. The zero-order valence-electron chi connectivity index (χ0n) is 14.1. The average molecular weight is 499 g/mol. The van der Waals surface area contributed by atoms with E-state index in [1.807, 2.05) is 17.5 Å². The Bertz CT molecular complexity index is 1310. The maximum Gasteiger partial charge on any atom is 0.281 e. The summed E-state index contributed by atoms with van der Waals surface area (Å²) in [6, 6.07) is 15.5. The van der Waals surface area contributed by atoms with Crippen molar-refractivity contribution >= 4 is 56.6 Å². The lowest BCUT2D eigenvalue weighted by atomic mass is 10.1. The van der Waals surface area contributed by atoms with Gasteiger partial charge < -0.3 is 0 Å². The van der Waals surface area contributed by atoms with Gasteiger partial charge >= 0.3 is 0 Å². The molecule has 0 N–H and O–H groups in total. The molecule has 1 aliphatic heterocycles. The van der Waals surface area contributed by atoms with E-state index in [9.17, 15) is 14.4 Å². The van der Waals surface area contributed by atoms with E-state index in [1.54, 1.807) is 42.5 Å². The number of benzene rings is 2. The number of imide groups is 1. The van der Waals surface area contributed by atoms with Gasteiger partial charge in [-0.15, -0.1) is 11.3 Å². The van der Waals surface area contributed by atoms with Crippen molar-refractivity contribution in [1.29, 1.82) is 0 Å². The molecule has 0 radical (unpaired) electrons. The van der Waals surface area contributed by atoms with E-state index in [1.165, 1.54) is 11.3 Å². The third-order valence-electron chi connectivity index (χ3n) is 4.52. The molecule has 8 heteroatoms. The zero-order valence-corrected chi connectivity index (χ0v) is 17.1. The molecule has 0 spiro atoms. The molecule has 0 atom stereocenters. The van der Waals surface area contributed by atoms with E-state index in [-0.39, 0.29) is 17.0 Å². The largest absolute Gasteiger partial charge is 0.281 e. The number of amides is 2. The molecule has 0 bridgehead atoms. The summed E-state index contributed by atoms with van der Waals surface area (Å²) in [7, 11) is 0. The standard InChI is InChI=1S/C20H10IN3O3S/c21-11-7-8-15-14(10-11)20(27)23(17(22-15)16-6-3-9-28-16)24-18(25)12-4-1-2-5-13(12)19(24)26/h1-10H. The molecular weight excluding hydrogens is 489 g/mol. The Labute approximate surface area is 176 Å². The second kappa shape index (κ2) is 6.35. The molecule has 136 valence electrons. The summed E-state index contributed by atoms with van der Waals surface area (Å²) < 4.78 is 1.97. The van der Waals surface area contributed by atoms with Crippen LogP contribution in [-0.4, -0.2) is 21.5 Å². The monoisotopic (exact) mass is 499 g/mol. The Kier molecular flexibility index (Phi) is 3.91. The first-order valence-electron chi connectivity index (χ1n) is 8.30. The highest BCUT2D eigenvalue weighted by Crippen LogP contribution is 2.28. The third kappa shape index (κ3) is 2.45. The first-order chi connectivity index (χ1) is 13.6. The summed E-state index contributed by atoms with van der Waals surface area (Å²) in [5.41, 5.74) is 0.613. The predicted octanol–water partition coefficient (Wildman–Crippen LogP) is 3.66. The number of carbonyl (C=O) groups excluding carboxylic acids is 2. The van der Waals surface area contributed by atoms with Gasteiger partial charge in [-0.3, -0.25) is 14.4 Å². The van der Waals surface area contributed by atoms with Crippen LogP contribution in [0.3, 0.4) is 0 Å². The van der Waals surface area contributed by atoms with Gasteiger partial charge in [-0.1, -0.05) is 18.2 Å². The molecule has 0 saturated heterocycles. The fourth-order valence-electron chi connectivity index (χ4n) is 3.26. The SMILES string of the molecule is O=C1c2ccccc2C(=O)N1n1c(-c2cccs2)nc2ccc(I)cc2c1=O. The van der Waals surface area contributed by atoms with Crippen molar-refractivity contribution in [3.05, 3.63) is 85.0 Å². The normalized spacial score (nSPS) is 13.4. The molecule has 28 heavy (non-hydrogen) atoms. The highest BCUT2D eigenvalue weighted by atomic mass is 127. The van der Waals surface area contributed by atoms with Gasteiger partial charge in [0.15, 0.2) is 5.82 Å². The summed E-state index contributed by atoms with van der Waals surface area (Å²) in [6.07, 6.45) is 0. The van der Waals surface area contributed by atoms with E-state index >= 15 is 0 Å². The molecule has 0 fully saturated rings. The smallest absolute Gasteiger partial charge is 0.267 e. The number of thiophene rings is 1. The Morgan fingerprint density at radius 2 is 1.61 bits per heavy atom. The number of nitrogens with zero attached hydrogens (tertiary/aromatic N) is 3. The fourth-order valence-corrected chi connectivity index (χ4v) is 4.45. The molecule has 0 unspecified atom stereocenters. The van der Waals surface area contributed by atoms with Crippen molar-refractivity contribution in [3.63, 3.8) is 0 Å². The van der Waals surface area contributed by atoms with Crippen molar-refractivity contribution in [2.75, 3.05) is 5.01 Å². The number of aromatic nitrogens is 2. The Morgan fingerprint density at radius 1 is 0.893 bits per heavy atom. The Morgan fingerprint density at radius 3 is 2.25 bits per heavy atom. The topological polar surface area (TPSA) is 72.3 Å². The molecule has 0 saturated carbocycles. The maximum absolute atomic E-state index is 13.4. The minimum absolute atomic E-state index is 0.267. The molecular formula is C20H10IN3O3S. The third-order valence-corrected chi connectivity index (χ3v) is 6.06. The quantitative estimate of drug-likeness (QED) is 0.312. The lowest BCUT2D eigenvalue weighted by Gasteiger charge is -2.20. The zero-order chi connectivity index (χ0) is 19.4. The lowest BCUT2D eigenvalue weighted by molar-refractivity contribution is 0.0885. The minimum Gasteiger partial charge on any atom is -0.267 e. The van der Waals surface area contributed by atoms with Crippen LogP contribution in [0.1, 0.15) is 20.7 Å². The number of hydrogen-bond acceptors (Lipinski definition) is 5. The highest BCUT2D eigenvalue weighted by Gasteiger charge is 2.39. The molecule has 1 aliphatic rings. The molecule has 2 amide bonds. The van der Waals surface area contributed by atoms with Gasteiger partial charge in [0.2, 0.25) is 0 Å². The van der Waals surface area contributed by atoms with Crippen LogP contribution in [-0.2, 0) is 0 Å².